The minimum absolute atomic E-state index is 0.0873. The summed E-state index contributed by atoms with van der Waals surface area (Å²) in [7, 11) is 0. The highest BCUT2D eigenvalue weighted by Crippen LogP contribution is 2.09. The Balaban J connectivity index is 2.05. The summed E-state index contributed by atoms with van der Waals surface area (Å²) in [6, 6.07) is 16.7. The third kappa shape index (κ3) is 5.01. The van der Waals surface area contributed by atoms with Crippen LogP contribution in [-0.2, 0) is 0 Å². The highest BCUT2D eigenvalue weighted by molar-refractivity contribution is 5.89. The number of carbonyl (C=O) groups is 1. The fraction of sp³-hybridized carbons (Fsp3) is 0.118. The van der Waals surface area contributed by atoms with Gasteiger partial charge in [-0.05, 0) is 30.3 Å². The fourth-order valence-corrected chi connectivity index (χ4v) is 1.69. The molecular weight excluding hydrogens is 264 g/mol. The Labute approximate surface area is 123 Å². The first-order chi connectivity index (χ1) is 10.3. The van der Waals surface area contributed by atoms with E-state index in [1.165, 1.54) is 0 Å². The first kappa shape index (κ1) is 14.6. The van der Waals surface area contributed by atoms with Gasteiger partial charge in [0.05, 0.1) is 6.61 Å². The van der Waals surface area contributed by atoms with Gasteiger partial charge in [-0.25, -0.2) is 4.79 Å². The minimum Gasteiger partial charge on any atom is -0.395 e. The van der Waals surface area contributed by atoms with Gasteiger partial charge in [0.2, 0.25) is 0 Å². The second-order valence-corrected chi connectivity index (χ2v) is 4.30. The predicted octanol–water partition coefficient (Wildman–Crippen LogP) is 2.20. The van der Waals surface area contributed by atoms with Crippen molar-refractivity contribution >= 4 is 11.7 Å². The van der Waals surface area contributed by atoms with Crippen LogP contribution in [0.2, 0.25) is 0 Å². The number of amides is 2. The molecule has 0 heterocycles. The molecule has 0 unspecified atom stereocenters. The van der Waals surface area contributed by atoms with Gasteiger partial charge < -0.3 is 15.7 Å². The number of urea groups is 1. The van der Waals surface area contributed by atoms with E-state index in [0.717, 1.165) is 11.1 Å². The molecular formula is C17H16N2O2. The maximum atomic E-state index is 11.5. The lowest BCUT2D eigenvalue weighted by Gasteiger charge is -2.06. The minimum atomic E-state index is -0.350. The molecule has 4 nitrogen and oxygen atoms in total. The van der Waals surface area contributed by atoms with Crippen LogP contribution in [0.15, 0.2) is 54.6 Å². The summed E-state index contributed by atoms with van der Waals surface area (Å²) >= 11 is 0. The van der Waals surface area contributed by atoms with Crippen LogP contribution in [0.1, 0.15) is 11.1 Å². The smallest absolute Gasteiger partial charge is 0.319 e. The van der Waals surface area contributed by atoms with E-state index in [2.05, 4.69) is 22.5 Å². The molecule has 0 saturated heterocycles. The third-order valence-corrected chi connectivity index (χ3v) is 2.64. The maximum absolute atomic E-state index is 11.5. The van der Waals surface area contributed by atoms with Crippen LogP contribution in [0.3, 0.4) is 0 Å². The second kappa shape index (κ2) is 7.73. The van der Waals surface area contributed by atoms with Crippen LogP contribution >= 0.6 is 0 Å². The van der Waals surface area contributed by atoms with Crippen molar-refractivity contribution in [2.45, 2.75) is 0 Å². The van der Waals surface area contributed by atoms with Crippen molar-refractivity contribution in [2.75, 3.05) is 18.5 Å². The first-order valence-electron chi connectivity index (χ1n) is 6.61. The van der Waals surface area contributed by atoms with Gasteiger partial charge in [0.15, 0.2) is 0 Å². The summed E-state index contributed by atoms with van der Waals surface area (Å²) in [5.41, 5.74) is 2.42. The molecule has 0 aromatic heterocycles. The Morgan fingerprint density at radius 2 is 1.71 bits per heavy atom. The van der Waals surface area contributed by atoms with Crippen LogP contribution in [-0.4, -0.2) is 24.3 Å². The largest absolute Gasteiger partial charge is 0.395 e. The van der Waals surface area contributed by atoms with Crippen molar-refractivity contribution in [1.82, 2.24) is 5.32 Å². The summed E-state index contributed by atoms with van der Waals surface area (Å²) < 4.78 is 0. The van der Waals surface area contributed by atoms with Gasteiger partial charge in [0.1, 0.15) is 0 Å². The molecule has 106 valence electrons. The fourth-order valence-electron chi connectivity index (χ4n) is 1.69. The van der Waals surface area contributed by atoms with E-state index in [9.17, 15) is 4.79 Å². The number of hydrogen-bond donors (Lipinski definition) is 3. The number of benzene rings is 2. The summed E-state index contributed by atoms with van der Waals surface area (Å²) in [5.74, 6) is 6.12. The van der Waals surface area contributed by atoms with Crippen LogP contribution in [0, 0.1) is 11.8 Å². The molecule has 2 aromatic carbocycles. The molecule has 0 saturated carbocycles. The number of rotatable bonds is 3. The molecule has 0 aliphatic carbocycles. The van der Waals surface area contributed by atoms with Crippen molar-refractivity contribution in [3.8, 4) is 11.8 Å². The first-order valence-corrected chi connectivity index (χ1v) is 6.61. The van der Waals surface area contributed by atoms with E-state index in [0.29, 0.717) is 5.69 Å². The highest BCUT2D eigenvalue weighted by atomic mass is 16.3. The lowest BCUT2D eigenvalue weighted by molar-refractivity contribution is 0.245. The number of anilines is 1. The molecule has 21 heavy (non-hydrogen) atoms. The van der Waals surface area contributed by atoms with E-state index in [1.807, 2.05) is 42.5 Å². The topological polar surface area (TPSA) is 61.4 Å². The van der Waals surface area contributed by atoms with E-state index >= 15 is 0 Å². The van der Waals surface area contributed by atoms with Gasteiger partial charge in [0.25, 0.3) is 0 Å². The lowest BCUT2D eigenvalue weighted by atomic mass is 10.1. The van der Waals surface area contributed by atoms with E-state index in [1.54, 1.807) is 12.1 Å². The molecule has 0 aliphatic rings. The zero-order valence-corrected chi connectivity index (χ0v) is 11.5. The average Bonchev–Trinajstić information content (AvgIpc) is 2.52. The number of aliphatic hydroxyl groups excluding tert-OH is 1. The van der Waals surface area contributed by atoms with E-state index in [-0.39, 0.29) is 19.2 Å². The molecule has 0 bridgehead atoms. The lowest BCUT2D eigenvalue weighted by Crippen LogP contribution is -2.30. The zero-order valence-electron chi connectivity index (χ0n) is 11.5. The molecule has 0 fully saturated rings. The summed E-state index contributed by atoms with van der Waals surface area (Å²) in [6.07, 6.45) is 0. The number of nitrogens with one attached hydrogen (secondary N) is 2. The molecule has 3 N–H and O–H groups in total. The Morgan fingerprint density at radius 1 is 1.00 bits per heavy atom. The molecule has 2 aromatic rings. The van der Waals surface area contributed by atoms with Crippen molar-refractivity contribution < 1.29 is 9.90 Å². The molecule has 2 amide bonds. The van der Waals surface area contributed by atoms with E-state index in [4.69, 9.17) is 5.11 Å². The van der Waals surface area contributed by atoms with Gasteiger partial charge in [-0.1, -0.05) is 36.1 Å². The van der Waals surface area contributed by atoms with Crippen LogP contribution < -0.4 is 10.6 Å². The van der Waals surface area contributed by atoms with Crippen molar-refractivity contribution in [2.24, 2.45) is 0 Å². The van der Waals surface area contributed by atoms with Gasteiger partial charge in [-0.2, -0.15) is 0 Å². The maximum Gasteiger partial charge on any atom is 0.319 e. The van der Waals surface area contributed by atoms with Crippen molar-refractivity contribution in [1.29, 1.82) is 0 Å². The van der Waals surface area contributed by atoms with Crippen LogP contribution in [0.4, 0.5) is 10.5 Å². The molecule has 0 radical (unpaired) electrons. The van der Waals surface area contributed by atoms with Gasteiger partial charge >= 0.3 is 6.03 Å². The van der Waals surface area contributed by atoms with Crippen molar-refractivity contribution in [3.63, 3.8) is 0 Å². The molecule has 0 spiro atoms. The SMILES string of the molecule is O=C(NCCO)Nc1cccc(C#Cc2ccccc2)c1. The van der Waals surface area contributed by atoms with Gasteiger partial charge in [-0.3, -0.25) is 0 Å². The Kier molecular flexibility index (Phi) is 5.39. The van der Waals surface area contributed by atoms with Crippen LogP contribution in [0.5, 0.6) is 0 Å². The number of hydrogen-bond acceptors (Lipinski definition) is 2. The Bertz CT molecular complexity index is 657. The van der Waals surface area contributed by atoms with Crippen LogP contribution in [0.25, 0.3) is 0 Å². The van der Waals surface area contributed by atoms with Gasteiger partial charge in [0, 0.05) is 23.4 Å². The predicted molar refractivity (Wildman–Crippen MR) is 83.0 cm³/mol. The Morgan fingerprint density at radius 3 is 2.48 bits per heavy atom. The van der Waals surface area contributed by atoms with Crippen molar-refractivity contribution in [3.05, 3.63) is 65.7 Å². The van der Waals surface area contributed by atoms with E-state index < -0.39 is 0 Å². The Hall–Kier alpha value is -2.77. The monoisotopic (exact) mass is 280 g/mol. The summed E-state index contributed by atoms with van der Waals surface area (Å²) in [6.45, 7) is 0.134. The second-order valence-electron chi connectivity index (χ2n) is 4.30. The third-order valence-electron chi connectivity index (χ3n) is 2.64. The summed E-state index contributed by atoms with van der Waals surface area (Å²) in [4.78, 5) is 11.5. The number of aliphatic hydroxyl groups is 1. The molecule has 0 aliphatic heterocycles. The molecule has 2 rings (SSSR count). The van der Waals surface area contributed by atoms with Gasteiger partial charge in [-0.15, -0.1) is 0 Å². The quantitative estimate of drug-likeness (QED) is 0.755. The molecule has 0 atom stereocenters. The summed E-state index contributed by atoms with van der Waals surface area (Å²) in [5, 5.41) is 13.9. The highest BCUT2D eigenvalue weighted by Gasteiger charge is 2.00. The zero-order chi connectivity index (χ0) is 14.9. The average molecular weight is 280 g/mol. The normalized spacial score (nSPS) is 9.38. The number of carbonyl (C=O) groups excluding carboxylic acids is 1. The standard InChI is InChI=1S/C17H16N2O2/c20-12-11-18-17(21)19-16-8-4-7-15(13-16)10-9-14-5-2-1-3-6-14/h1-8,13,20H,11-12H2,(H2,18,19,21). The molecule has 4 heteroatoms.